The Morgan fingerprint density at radius 2 is 2.23 bits per heavy atom. The van der Waals surface area contributed by atoms with E-state index in [4.69, 9.17) is 0 Å². The van der Waals surface area contributed by atoms with Gasteiger partial charge in [-0.25, -0.2) is 0 Å². The number of hydrogen-bond acceptors (Lipinski definition) is 2. The zero-order valence-corrected chi connectivity index (χ0v) is 8.59. The lowest BCUT2D eigenvalue weighted by molar-refractivity contribution is 0.474. The number of rotatable bonds is 3. The predicted molar refractivity (Wildman–Crippen MR) is 60.3 cm³/mol. The van der Waals surface area contributed by atoms with E-state index in [1.807, 2.05) is 31.2 Å². The number of allylic oxidation sites excluding steroid dienone is 1. The molecule has 0 bridgehead atoms. The highest BCUT2D eigenvalue weighted by atomic mass is 32.1. The van der Waals surface area contributed by atoms with Gasteiger partial charge in [0, 0.05) is 5.56 Å². The van der Waals surface area contributed by atoms with Crippen molar-refractivity contribution < 1.29 is 5.11 Å². The van der Waals surface area contributed by atoms with Crippen LogP contribution < -0.4 is 0 Å². The second-order valence-electron chi connectivity index (χ2n) is 2.98. The summed E-state index contributed by atoms with van der Waals surface area (Å²) in [5.74, 6) is 1.17. The SMILES string of the molecule is Cc1ccc(O)c(C=CCCS)c1. The molecular weight excluding hydrogens is 180 g/mol. The van der Waals surface area contributed by atoms with Crippen LogP contribution in [0.1, 0.15) is 17.5 Å². The maximum Gasteiger partial charge on any atom is 0.122 e. The zero-order valence-electron chi connectivity index (χ0n) is 7.70. The van der Waals surface area contributed by atoms with Gasteiger partial charge in [0.1, 0.15) is 5.75 Å². The van der Waals surface area contributed by atoms with E-state index in [-0.39, 0.29) is 0 Å². The monoisotopic (exact) mass is 194 g/mol. The average Bonchev–Trinajstić information content (AvgIpc) is 2.11. The summed E-state index contributed by atoms with van der Waals surface area (Å²) in [5.41, 5.74) is 2.03. The van der Waals surface area contributed by atoms with Crippen molar-refractivity contribution >= 4 is 18.7 Å². The van der Waals surface area contributed by atoms with Gasteiger partial charge in [0.2, 0.25) is 0 Å². The summed E-state index contributed by atoms with van der Waals surface area (Å²) in [6.07, 6.45) is 4.87. The van der Waals surface area contributed by atoms with Crippen LogP contribution in [0, 0.1) is 6.92 Å². The van der Waals surface area contributed by atoms with Crippen molar-refractivity contribution in [3.05, 3.63) is 35.4 Å². The topological polar surface area (TPSA) is 20.2 Å². The molecule has 0 heterocycles. The smallest absolute Gasteiger partial charge is 0.122 e. The number of thiol groups is 1. The van der Waals surface area contributed by atoms with Gasteiger partial charge in [0.15, 0.2) is 0 Å². The minimum Gasteiger partial charge on any atom is -0.507 e. The second kappa shape index (κ2) is 4.97. The highest BCUT2D eigenvalue weighted by Crippen LogP contribution is 2.19. The Kier molecular flexibility index (Phi) is 3.90. The second-order valence-corrected chi connectivity index (χ2v) is 3.42. The molecular formula is C11H14OS. The molecule has 0 aliphatic heterocycles. The van der Waals surface area contributed by atoms with E-state index in [0.29, 0.717) is 5.75 Å². The molecule has 0 unspecified atom stereocenters. The summed E-state index contributed by atoms with van der Waals surface area (Å²) in [6.45, 7) is 2.01. The Hall–Kier alpha value is -0.890. The Morgan fingerprint density at radius 3 is 2.92 bits per heavy atom. The Bertz CT molecular complexity index is 305. The number of hydrogen-bond donors (Lipinski definition) is 2. The Balaban J connectivity index is 2.81. The molecule has 0 aliphatic rings. The van der Waals surface area contributed by atoms with Crippen molar-refractivity contribution in [1.82, 2.24) is 0 Å². The molecule has 1 rings (SSSR count). The minimum atomic E-state index is 0.334. The van der Waals surface area contributed by atoms with Crippen LogP contribution in [0.3, 0.4) is 0 Å². The number of phenols is 1. The summed E-state index contributed by atoms with van der Waals surface area (Å²) in [6, 6.07) is 5.57. The standard InChI is InChI=1S/C11H14OS/c1-9-5-6-11(12)10(8-9)4-2-3-7-13/h2,4-6,8,12-13H,3,7H2,1H3. The largest absolute Gasteiger partial charge is 0.507 e. The van der Waals surface area contributed by atoms with E-state index in [2.05, 4.69) is 12.6 Å². The number of aromatic hydroxyl groups is 1. The van der Waals surface area contributed by atoms with Crippen LogP contribution in [0.2, 0.25) is 0 Å². The fourth-order valence-electron chi connectivity index (χ4n) is 1.09. The third-order valence-electron chi connectivity index (χ3n) is 1.78. The molecule has 0 spiro atoms. The number of benzene rings is 1. The van der Waals surface area contributed by atoms with Crippen LogP contribution in [0.15, 0.2) is 24.3 Å². The molecule has 2 heteroatoms. The van der Waals surface area contributed by atoms with Crippen LogP contribution in [0.5, 0.6) is 5.75 Å². The van der Waals surface area contributed by atoms with Crippen LogP contribution >= 0.6 is 12.6 Å². The first-order chi connectivity index (χ1) is 6.24. The molecule has 1 nitrogen and oxygen atoms in total. The van der Waals surface area contributed by atoms with Crippen molar-refractivity contribution in [3.63, 3.8) is 0 Å². The minimum absolute atomic E-state index is 0.334. The molecule has 13 heavy (non-hydrogen) atoms. The molecule has 1 aromatic rings. The molecule has 70 valence electrons. The van der Waals surface area contributed by atoms with E-state index in [1.165, 1.54) is 0 Å². The predicted octanol–water partition coefficient (Wildman–Crippen LogP) is 3.03. The molecule has 0 fully saturated rings. The van der Waals surface area contributed by atoms with Gasteiger partial charge >= 0.3 is 0 Å². The molecule has 1 N–H and O–H groups in total. The van der Waals surface area contributed by atoms with Crippen molar-refractivity contribution in [2.24, 2.45) is 0 Å². The highest BCUT2D eigenvalue weighted by Gasteiger charge is 1.95. The van der Waals surface area contributed by atoms with Gasteiger partial charge in [0.05, 0.1) is 0 Å². The first-order valence-corrected chi connectivity index (χ1v) is 4.94. The molecule has 0 saturated heterocycles. The number of aryl methyl sites for hydroxylation is 1. The van der Waals surface area contributed by atoms with Gasteiger partial charge < -0.3 is 5.11 Å². The molecule has 0 atom stereocenters. The number of phenolic OH excluding ortho intramolecular Hbond substituents is 1. The van der Waals surface area contributed by atoms with E-state index < -0.39 is 0 Å². The van der Waals surface area contributed by atoms with Crippen molar-refractivity contribution in [2.45, 2.75) is 13.3 Å². The average molecular weight is 194 g/mol. The summed E-state index contributed by atoms with van der Waals surface area (Å²) >= 11 is 4.10. The Morgan fingerprint density at radius 1 is 1.46 bits per heavy atom. The zero-order chi connectivity index (χ0) is 9.68. The van der Waals surface area contributed by atoms with Crippen molar-refractivity contribution in [1.29, 1.82) is 0 Å². The molecule has 0 saturated carbocycles. The normalized spacial score (nSPS) is 10.9. The Labute approximate surface area is 84.5 Å². The third kappa shape index (κ3) is 3.15. The van der Waals surface area contributed by atoms with E-state index in [1.54, 1.807) is 6.07 Å². The van der Waals surface area contributed by atoms with Gasteiger partial charge in [-0.15, -0.1) is 0 Å². The molecule has 0 amide bonds. The van der Waals surface area contributed by atoms with E-state index in [0.717, 1.165) is 23.3 Å². The van der Waals surface area contributed by atoms with Crippen LogP contribution in [-0.4, -0.2) is 10.9 Å². The molecule has 1 aromatic carbocycles. The maximum absolute atomic E-state index is 9.46. The van der Waals surface area contributed by atoms with Crippen molar-refractivity contribution in [3.8, 4) is 5.75 Å². The lowest BCUT2D eigenvalue weighted by Crippen LogP contribution is -1.77. The van der Waals surface area contributed by atoms with Gasteiger partial charge in [-0.3, -0.25) is 0 Å². The summed E-state index contributed by atoms with van der Waals surface area (Å²) in [5, 5.41) is 9.46. The summed E-state index contributed by atoms with van der Waals surface area (Å²) in [7, 11) is 0. The van der Waals surface area contributed by atoms with Crippen LogP contribution in [-0.2, 0) is 0 Å². The quantitative estimate of drug-likeness (QED) is 0.709. The highest BCUT2D eigenvalue weighted by molar-refractivity contribution is 7.80. The van der Waals surface area contributed by atoms with Crippen LogP contribution in [0.4, 0.5) is 0 Å². The maximum atomic E-state index is 9.46. The first kappa shape index (κ1) is 10.2. The third-order valence-corrected chi connectivity index (χ3v) is 2.03. The summed E-state index contributed by atoms with van der Waals surface area (Å²) < 4.78 is 0. The van der Waals surface area contributed by atoms with Gasteiger partial charge in [-0.1, -0.05) is 23.8 Å². The van der Waals surface area contributed by atoms with Gasteiger partial charge in [0.25, 0.3) is 0 Å². The fourth-order valence-corrected chi connectivity index (χ4v) is 1.24. The molecule has 0 aliphatic carbocycles. The summed E-state index contributed by atoms with van der Waals surface area (Å²) in [4.78, 5) is 0. The van der Waals surface area contributed by atoms with Gasteiger partial charge in [-0.2, -0.15) is 12.6 Å². The molecule has 0 radical (unpaired) electrons. The lowest BCUT2D eigenvalue weighted by Gasteiger charge is -1.99. The van der Waals surface area contributed by atoms with Crippen molar-refractivity contribution in [2.75, 3.05) is 5.75 Å². The molecule has 0 aromatic heterocycles. The van der Waals surface area contributed by atoms with E-state index >= 15 is 0 Å². The lowest BCUT2D eigenvalue weighted by atomic mass is 10.1. The van der Waals surface area contributed by atoms with Gasteiger partial charge in [-0.05, 0) is 31.2 Å². The van der Waals surface area contributed by atoms with E-state index in [9.17, 15) is 5.11 Å². The first-order valence-electron chi connectivity index (χ1n) is 4.31. The fraction of sp³-hybridized carbons (Fsp3) is 0.273. The van der Waals surface area contributed by atoms with Crippen LogP contribution in [0.25, 0.3) is 6.08 Å².